The van der Waals surface area contributed by atoms with Crippen LogP contribution in [-0.4, -0.2) is 45.4 Å². The largest absolute Gasteiger partial charge is 0.495 e. The van der Waals surface area contributed by atoms with Gasteiger partial charge in [0.25, 0.3) is 0 Å². The Kier molecular flexibility index (Phi) is 5.74. The van der Waals surface area contributed by atoms with Gasteiger partial charge in [-0.3, -0.25) is 0 Å². The van der Waals surface area contributed by atoms with Crippen LogP contribution >= 0.6 is 0 Å². The Morgan fingerprint density at radius 1 is 1.00 bits per heavy atom. The van der Waals surface area contributed by atoms with Gasteiger partial charge in [0.15, 0.2) is 0 Å². The third-order valence-corrected chi connectivity index (χ3v) is 4.63. The van der Waals surface area contributed by atoms with Gasteiger partial charge in [-0.15, -0.1) is 0 Å². The molecule has 6 heteroatoms. The van der Waals surface area contributed by atoms with Crippen LogP contribution in [0, 0.1) is 0 Å². The van der Waals surface area contributed by atoms with E-state index in [-0.39, 0.29) is 12.1 Å². The maximum atomic E-state index is 12.5. The van der Waals surface area contributed by atoms with E-state index in [0.717, 1.165) is 43.3 Å². The number of anilines is 3. The summed E-state index contributed by atoms with van der Waals surface area (Å²) >= 11 is 0. The maximum absolute atomic E-state index is 12.5. The molecule has 2 N–H and O–H groups in total. The van der Waals surface area contributed by atoms with E-state index in [1.165, 1.54) is 0 Å². The summed E-state index contributed by atoms with van der Waals surface area (Å²) in [6, 6.07) is 13.5. The van der Waals surface area contributed by atoms with Crippen molar-refractivity contribution in [2.75, 3.05) is 48.8 Å². The molecule has 144 valence electrons. The molecule has 6 nitrogen and oxygen atoms in total. The first-order chi connectivity index (χ1) is 13.0. The summed E-state index contributed by atoms with van der Waals surface area (Å²) in [6.45, 7) is 6.95. The van der Waals surface area contributed by atoms with Crippen molar-refractivity contribution in [1.29, 1.82) is 0 Å². The van der Waals surface area contributed by atoms with Crippen LogP contribution in [0.3, 0.4) is 0 Å². The number of esters is 1. The number of nitrogens with two attached hydrogens (primary N) is 1. The van der Waals surface area contributed by atoms with E-state index < -0.39 is 0 Å². The van der Waals surface area contributed by atoms with Gasteiger partial charge >= 0.3 is 5.97 Å². The number of carbonyl (C=O) groups excluding carboxylic acids is 1. The third kappa shape index (κ3) is 4.27. The first kappa shape index (κ1) is 18.9. The highest BCUT2D eigenvalue weighted by Crippen LogP contribution is 2.30. The SMILES string of the molecule is COc1ccccc1N1CCN(c2ccc(N)cc2C(=O)OC(C)C)CC1. The molecule has 0 saturated carbocycles. The standard InChI is InChI=1S/C21H27N3O3/c1-15(2)27-21(25)17-14-16(22)8-9-18(17)23-10-12-24(13-11-23)19-6-4-5-7-20(19)26-3/h4-9,14-15H,10-13,22H2,1-3H3. The fourth-order valence-corrected chi connectivity index (χ4v) is 3.35. The zero-order valence-electron chi connectivity index (χ0n) is 16.1. The number of nitrogen functional groups attached to an aromatic ring is 1. The number of para-hydroxylation sites is 2. The Hall–Kier alpha value is -2.89. The van der Waals surface area contributed by atoms with Crippen LogP contribution in [-0.2, 0) is 4.74 Å². The number of benzene rings is 2. The number of piperazine rings is 1. The van der Waals surface area contributed by atoms with Crippen LogP contribution in [0.15, 0.2) is 42.5 Å². The quantitative estimate of drug-likeness (QED) is 0.645. The lowest BCUT2D eigenvalue weighted by Gasteiger charge is -2.38. The molecule has 1 aliphatic heterocycles. The van der Waals surface area contributed by atoms with Crippen LogP contribution in [0.4, 0.5) is 17.1 Å². The molecule has 0 aromatic heterocycles. The molecule has 1 fully saturated rings. The number of methoxy groups -OCH3 is 1. The van der Waals surface area contributed by atoms with Crippen molar-refractivity contribution in [2.45, 2.75) is 20.0 Å². The molecule has 0 aliphatic carbocycles. The van der Waals surface area contributed by atoms with Crippen LogP contribution in [0.5, 0.6) is 5.75 Å². The minimum absolute atomic E-state index is 0.172. The first-order valence-corrected chi connectivity index (χ1v) is 9.23. The number of carbonyl (C=O) groups is 1. The number of nitrogens with zero attached hydrogens (tertiary/aromatic N) is 2. The summed E-state index contributed by atoms with van der Waals surface area (Å²) in [5.74, 6) is 0.541. The molecule has 0 amide bonds. The highest BCUT2D eigenvalue weighted by molar-refractivity contribution is 5.97. The van der Waals surface area contributed by atoms with Crippen LogP contribution < -0.4 is 20.3 Å². The summed E-state index contributed by atoms with van der Waals surface area (Å²) in [6.07, 6.45) is -0.172. The molecule has 0 bridgehead atoms. The summed E-state index contributed by atoms with van der Waals surface area (Å²) in [4.78, 5) is 17.0. The lowest BCUT2D eigenvalue weighted by atomic mass is 10.1. The Bertz CT molecular complexity index is 799. The zero-order valence-corrected chi connectivity index (χ0v) is 16.1. The molecule has 0 atom stereocenters. The summed E-state index contributed by atoms with van der Waals surface area (Å²) in [5.41, 5.74) is 8.95. The van der Waals surface area contributed by atoms with Gasteiger partial charge in [0, 0.05) is 31.9 Å². The fraction of sp³-hybridized carbons (Fsp3) is 0.381. The van der Waals surface area contributed by atoms with Crippen molar-refractivity contribution in [3.05, 3.63) is 48.0 Å². The molecule has 0 unspecified atom stereocenters. The first-order valence-electron chi connectivity index (χ1n) is 9.23. The summed E-state index contributed by atoms with van der Waals surface area (Å²) in [5, 5.41) is 0. The zero-order chi connectivity index (χ0) is 19.4. The van der Waals surface area contributed by atoms with Gasteiger partial charge in [-0.25, -0.2) is 4.79 Å². The van der Waals surface area contributed by atoms with Crippen molar-refractivity contribution in [1.82, 2.24) is 0 Å². The smallest absolute Gasteiger partial charge is 0.340 e. The average Bonchev–Trinajstić information content (AvgIpc) is 2.67. The normalized spacial score (nSPS) is 14.4. The molecular formula is C21H27N3O3. The van der Waals surface area contributed by atoms with Gasteiger partial charge in [-0.05, 0) is 44.2 Å². The Morgan fingerprint density at radius 2 is 1.63 bits per heavy atom. The molecule has 1 aliphatic rings. The highest BCUT2D eigenvalue weighted by Gasteiger charge is 2.24. The van der Waals surface area contributed by atoms with Crippen molar-refractivity contribution < 1.29 is 14.3 Å². The Labute approximate surface area is 160 Å². The van der Waals surface area contributed by atoms with Crippen LogP contribution in [0.25, 0.3) is 0 Å². The summed E-state index contributed by atoms with van der Waals surface area (Å²) in [7, 11) is 1.69. The average molecular weight is 369 g/mol. The van der Waals surface area contributed by atoms with Crippen molar-refractivity contribution in [2.24, 2.45) is 0 Å². The number of rotatable bonds is 5. The Balaban J connectivity index is 1.77. The van der Waals surface area contributed by atoms with Crippen LogP contribution in [0.1, 0.15) is 24.2 Å². The summed E-state index contributed by atoms with van der Waals surface area (Å²) < 4.78 is 10.9. The van der Waals surface area contributed by atoms with Gasteiger partial charge in [-0.1, -0.05) is 12.1 Å². The van der Waals surface area contributed by atoms with Gasteiger partial charge in [0.1, 0.15) is 5.75 Å². The highest BCUT2D eigenvalue weighted by atomic mass is 16.5. The molecule has 27 heavy (non-hydrogen) atoms. The molecule has 1 saturated heterocycles. The van der Waals surface area contributed by atoms with E-state index in [2.05, 4.69) is 15.9 Å². The maximum Gasteiger partial charge on any atom is 0.340 e. The van der Waals surface area contributed by atoms with E-state index in [0.29, 0.717) is 11.3 Å². The Morgan fingerprint density at radius 3 is 2.26 bits per heavy atom. The van der Waals surface area contributed by atoms with E-state index in [1.54, 1.807) is 13.2 Å². The van der Waals surface area contributed by atoms with E-state index in [9.17, 15) is 4.79 Å². The topological polar surface area (TPSA) is 68.0 Å². The lowest BCUT2D eigenvalue weighted by molar-refractivity contribution is 0.0378. The molecule has 0 spiro atoms. The second-order valence-corrected chi connectivity index (χ2v) is 6.88. The predicted molar refractivity (Wildman–Crippen MR) is 109 cm³/mol. The van der Waals surface area contributed by atoms with Gasteiger partial charge < -0.3 is 25.0 Å². The van der Waals surface area contributed by atoms with E-state index >= 15 is 0 Å². The number of hydrogen-bond donors (Lipinski definition) is 1. The van der Waals surface area contributed by atoms with E-state index in [1.807, 2.05) is 44.2 Å². The second kappa shape index (κ2) is 8.20. The number of hydrogen-bond acceptors (Lipinski definition) is 6. The minimum Gasteiger partial charge on any atom is -0.495 e. The van der Waals surface area contributed by atoms with Crippen molar-refractivity contribution in [3.8, 4) is 5.75 Å². The van der Waals surface area contributed by atoms with Crippen molar-refractivity contribution in [3.63, 3.8) is 0 Å². The molecule has 1 heterocycles. The molecule has 2 aromatic carbocycles. The minimum atomic E-state index is -0.334. The monoisotopic (exact) mass is 369 g/mol. The molecule has 0 radical (unpaired) electrons. The fourth-order valence-electron chi connectivity index (χ4n) is 3.35. The molecular weight excluding hydrogens is 342 g/mol. The number of ether oxygens (including phenoxy) is 2. The van der Waals surface area contributed by atoms with Gasteiger partial charge in [0.2, 0.25) is 0 Å². The van der Waals surface area contributed by atoms with E-state index in [4.69, 9.17) is 15.2 Å². The van der Waals surface area contributed by atoms with Crippen LogP contribution in [0.2, 0.25) is 0 Å². The van der Waals surface area contributed by atoms with Gasteiger partial charge in [-0.2, -0.15) is 0 Å². The lowest BCUT2D eigenvalue weighted by Crippen LogP contribution is -2.47. The van der Waals surface area contributed by atoms with Crippen molar-refractivity contribution >= 4 is 23.0 Å². The molecule has 3 rings (SSSR count). The predicted octanol–water partition coefficient (Wildman–Crippen LogP) is 3.17. The third-order valence-electron chi connectivity index (χ3n) is 4.63. The molecule has 2 aromatic rings. The second-order valence-electron chi connectivity index (χ2n) is 6.88. The van der Waals surface area contributed by atoms with Gasteiger partial charge in [0.05, 0.1) is 30.2 Å².